The van der Waals surface area contributed by atoms with Crippen molar-refractivity contribution < 1.29 is 9.52 Å². The molecule has 0 radical (unpaired) electrons. The lowest BCUT2D eigenvalue weighted by molar-refractivity contribution is -0.645. The van der Waals surface area contributed by atoms with Crippen LogP contribution in [0.15, 0.2) is 41.7 Å². The zero-order valence-electron chi connectivity index (χ0n) is 12.7. The lowest BCUT2D eigenvalue weighted by Gasteiger charge is -2.05. The maximum atomic E-state index is 12.0. The fourth-order valence-corrected chi connectivity index (χ4v) is 2.95. The number of hydrogen-bond acceptors (Lipinski definition) is 5. The van der Waals surface area contributed by atoms with Crippen LogP contribution < -0.4 is 10.0 Å². The topological polar surface area (TPSA) is 86.8 Å². The van der Waals surface area contributed by atoms with Gasteiger partial charge in [-0.25, -0.2) is 4.98 Å². The van der Waals surface area contributed by atoms with E-state index in [2.05, 4.69) is 15.4 Å². The zero-order chi connectivity index (χ0) is 16.4. The number of fused-ring (bicyclic) bond motifs is 1. The summed E-state index contributed by atoms with van der Waals surface area (Å²) in [6.07, 6.45) is 3.01. The predicted molar refractivity (Wildman–Crippen MR) is 88.0 cm³/mol. The van der Waals surface area contributed by atoms with E-state index >= 15 is 0 Å². The first-order valence-electron chi connectivity index (χ1n) is 6.95. The third-order valence-electron chi connectivity index (χ3n) is 3.29. The summed E-state index contributed by atoms with van der Waals surface area (Å²) >= 11 is 1.19. The average molecular weight is 329 g/mol. The molecule has 0 bridgehead atoms. The minimum atomic E-state index is -0.193. The summed E-state index contributed by atoms with van der Waals surface area (Å²) in [4.78, 5) is 16.3. The molecule has 3 aromatic rings. The van der Waals surface area contributed by atoms with Crippen molar-refractivity contribution in [2.24, 2.45) is 7.05 Å². The molecule has 0 spiro atoms. The fourth-order valence-electron chi connectivity index (χ4n) is 2.24. The van der Waals surface area contributed by atoms with E-state index in [1.54, 1.807) is 29.1 Å². The van der Waals surface area contributed by atoms with Gasteiger partial charge in [0, 0.05) is 24.6 Å². The SMILES string of the molecule is Cc1nn(C)c2ncc(NC(=O)CSc3cccc[n+]3[O-])cc12. The second-order valence-corrected chi connectivity index (χ2v) is 6.00. The number of rotatable bonds is 4. The number of nitrogens with zero attached hydrogens (tertiary/aromatic N) is 4. The summed E-state index contributed by atoms with van der Waals surface area (Å²) in [5, 5.41) is 20.0. The van der Waals surface area contributed by atoms with E-state index in [9.17, 15) is 10.0 Å². The van der Waals surface area contributed by atoms with Crippen molar-refractivity contribution in [3.8, 4) is 0 Å². The van der Waals surface area contributed by atoms with Gasteiger partial charge in [-0.15, -0.1) is 0 Å². The van der Waals surface area contributed by atoms with Crippen LogP contribution in [0, 0.1) is 12.1 Å². The van der Waals surface area contributed by atoms with Crippen LogP contribution in [0.3, 0.4) is 0 Å². The van der Waals surface area contributed by atoms with Gasteiger partial charge in [-0.05, 0) is 30.8 Å². The van der Waals surface area contributed by atoms with Crippen molar-refractivity contribution in [2.75, 3.05) is 11.1 Å². The molecule has 0 saturated carbocycles. The number of amides is 1. The van der Waals surface area contributed by atoms with Crippen LogP contribution in [0.1, 0.15) is 5.69 Å². The summed E-state index contributed by atoms with van der Waals surface area (Å²) in [6.45, 7) is 1.90. The lowest BCUT2D eigenvalue weighted by Crippen LogP contribution is -2.28. The Morgan fingerprint density at radius 1 is 1.48 bits per heavy atom. The Labute approximate surface area is 136 Å². The Bertz CT molecular complexity index is 877. The summed E-state index contributed by atoms with van der Waals surface area (Å²) < 4.78 is 2.44. The molecule has 1 N–H and O–H groups in total. The molecule has 23 heavy (non-hydrogen) atoms. The predicted octanol–water partition coefficient (Wildman–Crippen LogP) is 1.64. The smallest absolute Gasteiger partial charge is 0.251 e. The van der Waals surface area contributed by atoms with E-state index in [1.807, 2.05) is 20.0 Å². The molecule has 8 heteroatoms. The molecule has 0 aliphatic carbocycles. The third kappa shape index (κ3) is 3.26. The number of anilines is 1. The van der Waals surface area contributed by atoms with Gasteiger partial charge in [0.25, 0.3) is 5.03 Å². The number of nitrogens with one attached hydrogen (secondary N) is 1. The number of hydrogen-bond donors (Lipinski definition) is 1. The largest absolute Gasteiger partial charge is 0.618 e. The van der Waals surface area contributed by atoms with Gasteiger partial charge >= 0.3 is 0 Å². The Hall–Kier alpha value is -2.61. The van der Waals surface area contributed by atoms with Crippen molar-refractivity contribution in [1.82, 2.24) is 14.8 Å². The summed E-state index contributed by atoms with van der Waals surface area (Å²) in [6, 6.07) is 6.94. The minimum Gasteiger partial charge on any atom is -0.618 e. The maximum absolute atomic E-state index is 12.0. The monoisotopic (exact) mass is 329 g/mol. The molecule has 3 rings (SSSR count). The number of thioether (sulfide) groups is 1. The van der Waals surface area contributed by atoms with Gasteiger partial charge in [0.15, 0.2) is 11.8 Å². The van der Waals surface area contributed by atoms with Crippen LogP contribution in [0.25, 0.3) is 11.0 Å². The molecule has 0 aromatic carbocycles. The highest BCUT2D eigenvalue weighted by Gasteiger charge is 2.11. The second kappa shape index (κ2) is 6.25. The first-order chi connectivity index (χ1) is 11.0. The molecule has 0 aliphatic heterocycles. The molecule has 0 saturated heterocycles. The lowest BCUT2D eigenvalue weighted by atomic mass is 10.2. The van der Waals surface area contributed by atoms with E-state index in [4.69, 9.17) is 0 Å². The average Bonchev–Trinajstić information content (AvgIpc) is 2.81. The van der Waals surface area contributed by atoms with Gasteiger partial charge in [0.2, 0.25) is 5.91 Å². The minimum absolute atomic E-state index is 0.149. The number of aryl methyl sites for hydroxylation is 2. The number of aromatic nitrogens is 4. The maximum Gasteiger partial charge on any atom is 0.251 e. The van der Waals surface area contributed by atoms with Gasteiger partial charge in [0.05, 0.1) is 23.3 Å². The molecule has 1 amide bonds. The quantitative estimate of drug-likeness (QED) is 0.447. The number of carbonyl (C=O) groups excluding carboxylic acids is 1. The molecular weight excluding hydrogens is 314 g/mol. The molecule has 0 fully saturated rings. The van der Waals surface area contributed by atoms with Gasteiger partial charge in [0.1, 0.15) is 0 Å². The molecule has 0 atom stereocenters. The Morgan fingerprint density at radius 2 is 2.30 bits per heavy atom. The van der Waals surface area contributed by atoms with Crippen molar-refractivity contribution in [1.29, 1.82) is 0 Å². The van der Waals surface area contributed by atoms with E-state index in [-0.39, 0.29) is 11.7 Å². The van der Waals surface area contributed by atoms with Crippen molar-refractivity contribution in [3.05, 3.63) is 47.6 Å². The van der Waals surface area contributed by atoms with Gasteiger partial charge in [-0.2, -0.15) is 9.83 Å². The molecule has 0 aliphatic rings. The highest BCUT2D eigenvalue weighted by atomic mass is 32.2. The van der Waals surface area contributed by atoms with Crippen LogP contribution in [0.4, 0.5) is 5.69 Å². The fraction of sp³-hybridized carbons (Fsp3) is 0.200. The van der Waals surface area contributed by atoms with Crippen molar-refractivity contribution >= 4 is 34.4 Å². The zero-order valence-corrected chi connectivity index (χ0v) is 13.5. The summed E-state index contributed by atoms with van der Waals surface area (Å²) in [5.74, 6) is -0.0439. The van der Waals surface area contributed by atoms with Gasteiger partial charge in [-0.1, -0.05) is 0 Å². The van der Waals surface area contributed by atoms with Gasteiger partial charge < -0.3 is 10.5 Å². The molecule has 7 nitrogen and oxygen atoms in total. The molecule has 3 aromatic heterocycles. The summed E-state index contributed by atoms with van der Waals surface area (Å²) in [5.41, 5.74) is 2.24. The normalized spacial score (nSPS) is 10.9. The first-order valence-corrected chi connectivity index (χ1v) is 7.93. The Balaban J connectivity index is 1.68. The number of carbonyl (C=O) groups is 1. The highest BCUT2D eigenvalue weighted by molar-refractivity contribution is 7.99. The third-order valence-corrected chi connectivity index (χ3v) is 4.30. The van der Waals surface area contributed by atoms with Crippen LogP contribution in [-0.4, -0.2) is 26.4 Å². The van der Waals surface area contributed by atoms with Crippen LogP contribution in [0.2, 0.25) is 0 Å². The van der Waals surface area contributed by atoms with E-state index in [0.717, 1.165) is 21.5 Å². The van der Waals surface area contributed by atoms with Crippen LogP contribution in [-0.2, 0) is 11.8 Å². The molecule has 118 valence electrons. The Morgan fingerprint density at radius 3 is 3.09 bits per heavy atom. The van der Waals surface area contributed by atoms with E-state index in [0.29, 0.717) is 10.7 Å². The molecule has 0 unspecified atom stereocenters. The molecular formula is C15H15N5O2S. The summed E-state index contributed by atoms with van der Waals surface area (Å²) in [7, 11) is 1.83. The van der Waals surface area contributed by atoms with E-state index < -0.39 is 0 Å². The second-order valence-electron chi connectivity index (χ2n) is 5.01. The van der Waals surface area contributed by atoms with Crippen molar-refractivity contribution in [3.63, 3.8) is 0 Å². The highest BCUT2D eigenvalue weighted by Crippen LogP contribution is 2.20. The standard InChI is InChI=1S/C15H15N5O2S/c1-10-12-7-11(8-16-15(12)19(2)18-10)17-13(21)9-23-14-5-3-4-6-20(14)22/h3-8H,9H2,1-2H3,(H,17,21). The van der Waals surface area contributed by atoms with Gasteiger partial charge in [-0.3, -0.25) is 9.48 Å². The Kier molecular flexibility index (Phi) is 4.16. The first kappa shape index (κ1) is 15.3. The van der Waals surface area contributed by atoms with Crippen LogP contribution in [0.5, 0.6) is 0 Å². The molecule has 3 heterocycles. The van der Waals surface area contributed by atoms with Crippen LogP contribution >= 0.6 is 11.8 Å². The number of pyridine rings is 2. The van der Waals surface area contributed by atoms with Crippen molar-refractivity contribution in [2.45, 2.75) is 11.9 Å². The van der Waals surface area contributed by atoms with E-state index in [1.165, 1.54) is 18.0 Å².